The van der Waals surface area contributed by atoms with E-state index < -0.39 is 0 Å². The standard InChI is InChI=1S/C20H24ClN3O4/c1-27-18-9-4-3-8-16(18)17(23-20(26)22-11-10-21)13-14-6-5-7-15(12-14)19(25)24-28-2/h3-9,12,17H,10-11,13H2,1-2H3,(H,24,25)(H2,22,23,26). The summed E-state index contributed by atoms with van der Waals surface area (Å²) in [5, 5.41) is 5.65. The molecule has 0 heterocycles. The number of nitrogens with one attached hydrogen (secondary N) is 3. The number of halogens is 1. The average molecular weight is 406 g/mol. The van der Waals surface area contributed by atoms with Gasteiger partial charge in [-0.3, -0.25) is 9.63 Å². The van der Waals surface area contributed by atoms with Gasteiger partial charge in [-0.25, -0.2) is 10.3 Å². The third-order valence-electron chi connectivity index (χ3n) is 4.02. The van der Waals surface area contributed by atoms with Crippen LogP contribution in [0, 0.1) is 0 Å². The summed E-state index contributed by atoms with van der Waals surface area (Å²) in [5.74, 6) is 0.646. The number of rotatable bonds is 9. The molecule has 8 heteroatoms. The van der Waals surface area contributed by atoms with Crippen molar-refractivity contribution in [2.24, 2.45) is 0 Å². The van der Waals surface area contributed by atoms with Crippen LogP contribution in [0.15, 0.2) is 48.5 Å². The summed E-state index contributed by atoms with van der Waals surface area (Å²) in [6.45, 7) is 0.360. The van der Waals surface area contributed by atoms with Gasteiger partial charge in [-0.1, -0.05) is 30.3 Å². The Morgan fingerprint density at radius 1 is 1.11 bits per heavy atom. The number of para-hydroxylation sites is 1. The lowest BCUT2D eigenvalue weighted by atomic mass is 9.97. The van der Waals surface area contributed by atoms with Gasteiger partial charge < -0.3 is 15.4 Å². The Bertz CT molecular complexity index is 801. The molecular weight excluding hydrogens is 382 g/mol. The van der Waals surface area contributed by atoms with E-state index in [1.165, 1.54) is 7.11 Å². The zero-order chi connectivity index (χ0) is 20.4. The number of alkyl halides is 1. The Morgan fingerprint density at radius 2 is 1.89 bits per heavy atom. The number of carbonyl (C=O) groups excluding carboxylic acids is 2. The van der Waals surface area contributed by atoms with Crippen LogP contribution < -0.4 is 20.9 Å². The van der Waals surface area contributed by atoms with E-state index in [1.54, 1.807) is 25.3 Å². The van der Waals surface area contributed by atoms with Crippen LogP contribution in [0.4, 0.5) is 4.79 Å². The van der Waals surface area contributed by atoms with E-state index in [0.717, 1.165) is 11.1 Å². The first kappa shape index (κ1) is 21.5. The van der Waals surface area contributed by atoms with Gasteiger partial charge in [-0.2, -0.15) is 0 Å². The second kappa shape index (κ2) is 11.2. The minimum absolute atomic E-state index is 0.323. The number of hydrogen-bond acceptors (Lipinski definition) is 4. The highest BCUT2D eigenvalue weighted by Crippen LogP contribution is 2.27. The smallest absolute Gasteiger partial charge is 0.315 e. The minimum atomic E-state index is -0.368. The van der Waals surface area contributed by atoms with Gasteiger partial charge in [-0.05, 0) is 30.2 Å². The summed E-state index contributed by atoms with van der Waals surface area (Å²) in [7, 11) is 2.96. The van der Waals surface area contributed by atoms with Crippen LogP contribution in [-0.4, -0.2) is 38.6 Å². The molecule has 0 saturated heterocycles. The first-order valence-corrected chi connectivity index (χ1v) is 9.28. The molecule has 0 aliphatic heterocycles. The van der Waals surface area contributed by atoms with Crippen molar-refractivity contribution in [2.75, 3.05) is 26.6 Å². The first-order chi connectivity index (χ1) is 13.6. The van der Waals surface area contributed by atoms with E-state index in [-0.39, 0.29) is 18.0 Å². The Hall–Kier alpha value is -2.77. The number of amides is 3. The molecular formula is C20H24ClN3O4. The second-order valence-electron chi connectivity index (χ2n) is 5.92. The number of methoxy groups -OCH3 is 1. The predicted molar refractivity (Wildman–Crippen MR) is 108 cm³/mol. The maximum atomic E-state index is 12.2. The Balaban J connectivity index is 2.28. The van der Waals surface area contributed by atoms with E-state index >= 15 is 0 Å². The SMILES string of the molecule is CONC(=O)c1cccc(CC(NC(=O)NCCCl)c2ccccc2OC)c1. The molecule has 0 aliphatic rings. The molecule has 2 rings (SSSR count). The molecule has 0 radical (unpaired) electrons. The van der Waals surface area contributed by atoms with E-state index in [1.807, 2.05) is 30.3 Å². The topological polar surface area (TPSA) is 88.7 Å². The number of hydroxylamine groups is 1. The molecule has 0 saturated carbocycles. The van der Waals surface area contributed by atoms with Crippen LogP contribution >= 0.6 is 11.6 Å². The first-order valence-electron chi connectivity index (χ1n) is 8.74. The van der Waals surface area contributed by atoms with Crippen LogP contribution in [0.25, 0.3) is 0 Å². The lowest BCUT2D eigenvalue weighted by Gasteiger charge is -2.22. The molecule has 1 atom stereocenters. The van der Waals surface area contributed by atoms with Gasteiger partial charge in [0.25, 0.3) is 5.91 Å². The molecule has 0 spiro atoms. The summed E-state index contributed by atoms with van der Waals surface area (Å²) in [6.07, 6.45) is 0.461. The molecule has 3 amide bonds. The van der Waals surface area contributed by atoms with Crippen molar-refractivity contribution in [3.05, 3.63) is 65.2 Å². The van der Waals surface area contributed by atoms with Gasteiger partial charge >= 0.3 is 6.03 Å². The summed E-state index contributed by atoms with van der Waals surface area (Å²) < 4.78 is 5.45. The predicted octanol–water partition coefficient (Wildman–Crippen LogP) is 2.81. The van der Waals surface area contributed by atoms with E-state index in [4.69, 9.17) is 16.3 Å². The fourth-order valence-corrected chi connectivity index (χ4v) is 2.88. The molecule has 0 aromatic heterocycles. The van der Waals surface area contributed by atoms with Crippen LogP contribution in [0.3, 0.4) is 0 Å². The Labute approximate surface area is 169 Å². The lowest BCUT2D eigenvalue weighted by Crippen LogP contribution is -2.39. The van der Waals surface area contributed by atoms with Gasteiger partial charge in [0.2, 0.25) is 0 Å². The minimum Gasteiger partial charge on any atom is -0.496 e. The monoisotopic (exact) mass is 405 g/mol. The average Bonchev–Trinajstić information content (AvgIpc) is 2.72. The normalized spacial score (nSPS) is 11.4. The van der Waals surface area contributed by atoms with Crippen molar-refractivity contribution in [3.63, 3.8) is 0 Å². The fraction of sp³-hybridized carbons (Fsp3) is 0.300. The number of carbonyl (C=O) groups is 2. The zero-order valence-corrected chi connectivity index (χ0v) is 16.6. The number of benzene rings is 2. The summed E-state index contributed by atoms with van der Waals surface area (Å²) in [5.41, 5.74) is 4.46. The van der Waals surface area contributed by atoms with Crippen molar-refractivity contribution in [2.45, 2.75) is 12.5 Å². The van der Waals surface area contributed by atoms with Crippen LogP contribution in [0.1, 0.15) is 27.5 Å². The third-order valence-corrected chi connectivity index (χ3v) is 4.21. The highest BCUT2D eigenvalue weighted by atomic mass is 35.5. The molecule has 150 valence electrons. The maximum Gasteiger partial charge on any atom is 0.315 e. The number of hydrogen-bond donors (Lipinski definition) is 3. The molecule has 0 bridgehead atoms. The second-order valence-corrected chi connectivity index (χ2v) is 6.30. The van der Waals surface area contributed by atoms with Gasteiger partial charge in [0.05, 0.1) is 20.3 Å². The van der Waals surface area contributed by atoms with Crippen LogP contribution in [-0.2, 0) is 11.3 Å². The highest BCUT2D eigenvalue weighted by Gasteiger charge is 2.19. The quantitative estimate of drug-likeness (QED) is 0.442. The maximum absolute atomic E-state index is 12.2. The third kappa shape index (κ3) is 6.14. The van der Waals surface area contributed by atoms with Crippen molar-refractivity contribution in [1.29, 1.82) is 0 Å². The van der Waals surface area contributed by atoms with Crippen molar-refractivity contribution < 1.29 is 19.2 Å². The van der Waals surface area contributed by atoms with Gasteiger partial charge in [-0.15, -0.1) is 11.6 Å². The summed E-state index contributed by atoms with van der Waals surface area (Å²) >= 11 is 5.64. The fourth-order valence-electron chi connectivity index (χ4n) is 2.79. The Morgan fingerprint density at radius 3 is 2.61 bits per heavy atom. The molecule has 0 aliphatic carbocycles. The molecule has 1 unspecified atom stereocenters. The molecule has 2 aromatic carbocycles. The zero-order valence-electron chi connectivity index (χ0n) is 15.8. The highest BCUT2D eigenvalue weighted by molar-refractivity contribution is 6.18. The largest absolute Gasteiger partial charge is 0.496 e. The lowest BCUT2D eigenvalue weighted by molar-refractivity contribution is 0.0537. The van der Waals surface area contributed by atoms with Crippen LogP contribution in [0.2, 0.25) is 0 Å². The molecule has 2 aromatic rings. The van der Waals surface area contributed by atoms with Crippen LogP contribution in [0.5, 0.6) is 5.75 Å². The van der Waals surface area contributed by atoms with Gasteiger partial charge in [0.1, 0.15) is 5.75 Å². The van der Waals surface area contributed by atoms with Crippen molar-refractivity contribution in [1.82, 2.24) is 16.1 Å². The molecule has 28 heavy (non-hydrogen) atoms. The number of urea groups is 1. The van der Waals surface area contributed by atoms with Gasteiger partial charge in [0.15, 0.2) is 0 Å². The van der Waals surface area contributed by atoms with Crippen molar-refractivity contribution >= 4 is 23.5 Å². The van der Waals surface area contributed by atoms with E-state index in [9.17, 15) is 9.59 Å². The molecule has 7 nitrogen and oxygen atoms in total. The number of ether oxygens (including phenoxy) is 1. The van der Waals surface area contributed by atoms with E-state index in [2.05, 4.69) is 21.0 Å². The molecule has 3 N–H and O–H groups in total. The van der Waals surface area contributed by atoms with E-state index in [0.29, 0.717) is 30.2 Å². The summed E-state index contributed by atoms with van der Waals surface area (Å²) in [4.78, 5) is 28.9. The summed E-state index contributed by atoms with van der Waals surface area (Å²) in [6, 6.07) is 13.9. The Kier molecular flexibility index (Phi) is 8.58. The molecule has 0 fully saturated rings. The van der Waals surface area contributed by atoms with Gasteiger partial charge in [0, 0.05) is 23.6 Å². The van der Waals surface area contributed by atoms with Crippen molar-refractivity contribution in [3.8, 4) is 5.75 Å².